The van der Waals surface area contributed by atoms with Gasteiger partial charge in [-0.3, -0.25) is 4.79 Å². The molecule has 5 nitrogen and oxygen atoms in total. The quantitative estimate of drug-likeness (QED) is 0.747. The standard InChI is InChI=1S/C13H15F2NO4/c1-2-3-4-10(13(19)20)16-12(18)7-5-8(14)11(17)9(15)6-7/h5-6,10,17H,2-4H2,1H3,(H,16,18)(H,19,20). The molecule has 1 aromatic carbocycles. The van der Waals surface area contributed by atoms with Crippen molar-refractivity contribution in [3.8, 4) is 5.75 Å². The van der Waals surface area contributed by atoms with Crippen molar-refractivity contribution in [2.45, 2.75) is 32.2 Å². The molecule has 7 heteroatoms. The third-order valence-corrected chi connectivity index (χ3v) is 2.73. The second kappa shape index (κ2) is 6.83. The number of rotatable bonds is 6. The molecule has 1 atom stereocenters. The zero-order chi connectivity index (χ0) is 15.3. The molecule has 0 spiro atoms. The number of benzene rings is 1. The van der Waals surface area contributed by atoms with E-state index in [1.807, 2.05) is 6.92 Å². The number of carbonyl (C=O) groups is 2. The van der Waals surface area contributed by atoms with Crippen molar-refractivity contribution in [3.05, 3.63) is 29.3 Å². The van der Waals surface area contributed by atoms with Crippen LogP contribution in [-0.4, -0.2) is 28.1 Å². The summed E-state index contributed by atoms with van der Waals surface area (Å²) in [5, 5.41) is 20.1. The van der Waals surface area contributed by atoms with Gasteiger partial charge in [-0.25, -0.2) is 13.6 Å². The minimum absolute atomic E-state index is 0.223. The number of carbonyl (C=O) groups excluding carboxylic acids is 1. The zero-order valence-electron chi connectivity index (χ0n) is 10.8. The van der Waals surface area contributed by atoms with E-state index in [2.05, 4.69) is 5.32 Å². The van der Waals surface area contributed by atoms with Gasteiger partial charge in [0.05, 0.1) is 0 Å². The van der Waals surface area contributed by atoms with Crippen molar-refractivity contribution in [2.75, 3.05) is 0 Å². The number of halogens is 2. The summed E-state index contributed by atoms with van der Waals surface area (Å²) in [5.74, 6) is -5.87. The number of phenolic OH excluding ortho intramolecular Hbond substituents is 1. The highest BCUT2D eigenvalue weighted by Gasteiger charge is 2.21. The molecule has 1 rings (SSSR count). The van der Waals surface area contributed by atoms with Gasteiger partial charge in [-0.15, -0.1) is 0 Å². The molecule has 0 fully saturated rings. The predicted octanol–water partition coefficient (Wildman–Crippen LogP) is 2.04. The molecule has 0 aliphatic carbocycles. The normalized spacial score (nSPS) is 11.9. The minimum Gasteiger partial charge on any atom is -0.503 e. The fraction of sp³-hybridized carbons (Fsp3) is 0.385. The molecule has 0 saturated heterocycles. The van der Waals surface area contributed by atoms with Crippen LogP contribution in [0.2, 0.25) is 0 Å². The van der Waals surface area contributed by atoms with Gasteiger partial charge in [-0.2, -0.15) is 0 Å². The summed E-state index contributed by atoms with van der Waals surface area (Å²) < 4.78 is 26.2. The van der Waals surface area contributed by atoms with Gasteiger partial charge >= 0.3 is 5.97 Å². The number of hydrogen-bond donors (Lipinski definition) is 3. The topological polar surface area (TPSA) is 86.6 Å². The number of aliphatic carboxylic acids is 1. The zero-order valence-corrected chi connectivity index (χ0v) is 10.8. The molecule has 0 radical (unpaired) electrons. The van der Waals surface area contributed by atoms with E-state index in [1.165, 1.54) is 0 Å². The van der Waals surface area contributed by atoms with Crippen LogP contribution in [-0.2, 0) is 4.79 Å². The average molecular weight is 287 g/mol. The lowest BCUT2D eigenvalue weighted by Gasteiger charge is -2.14. The summed E-state index contributed by atoms with van der Waals surface area (Å²) in [6.07, 6.45) is 1.57. The molecule has 0 bridgehead atoms. The maximum Gasteiger partial charge on any atom is 0.326 e. The second-order valence-electron chi connectivity index (χ2n) is 4.30. The fourth-order valence-electron chi connectivity index (χ4n) is 1.60. The van der Waals surface area contributed by atoms with Crippen molar-refractivity contribution in [1.82, 2.24) is 5.32 Å². The highest BCUT2D eigenvalue weighted by atomic mass is 19.1. The number of hydrogen-bond acceptors (Lipinski definition) is 3. The van der Waals surface area contributed by atoms with E-state index in [4.69, 9.17) is 10.2 Å². The Morgan fingerprint density at radius 3 is 2.30 bits per heavy atom. The van der Waals surface area contributed by atoms with Gasteiger partial charge in [-0.05, 0) is 18.6 Å². The molecular weight excluding hydrogens is 272 g/mol. The average Bonchev–Trinajstić information content (AvgIpc) is 2.39. The molecular formula is C13H15F2NO4. The van der Waals surface area contributed by atoms with Crippen LogP contribution in [0.3, 0.4) is 0 Å². The number of carboxylic acid groups (broad SMARTS) is 1. The third kappa shape index (κ3) is 3.91. The molecule has 20 heavy (non-hydrogen) atoms. The van der Waals surface area contributed by atoms with Gasteiger partial charge < -0.3 is 15.5 Å². The van der Waals surface area contributed by atoms with Crippen LogP contribution >= 0.6 is 0 Å². The Bertz CT molecular complexity index is 496. The fourth-order valence-corrected chi connectivity index (χ4v) is 1.60. The van der Waals surface area contributed by atoms with Gasteiger partial charge in [0.15, 0.2) is 17.4 Å². The van der Waals surface area contributed by atoms with Crippen molar-refractivity contribution in [2.24, 2.45) is 0 Å². The first-order valence-electron chi connectivity index (χ1n) is 6.08. The largest absolute Gasteiger partial charge is 0.503 e. The maximum atomic E-state index is 13.1. The Morgan fingerprint density at radius 2 is 1.85 bits per heavy atom. The van der Waals surface area contributed by atoms with Crippen LogP contribution < -0.4 is 5.32 Å². The summed E-state index contributed by atoms with van der Waals surface area (Å²) in [5.41, 5.74) is -0.388. The summed E-state index contributed by atoms with van der Waals surface area (Å²) in [6, 6.07) is 0.168. The summed E-state index contributed by atoms with van der Waals surface area (Å²) in [6.45, 7) is 1.87. The first-order valence-corrected chi connectivity index (χ1v) is 6.08. The smallest absolute Gasteiger partial charge is 0.326 e. The van der Waals surface area contributed by atoms with Crippen LogP contribution in [0.1, 0.15) is 36.5 Å². The lowest BCUT2D eigenvalue weighted by Crippen LogP contribution is -2.40. The SMILES string of the molecule is CCCCC(NC(=O)c1cc(F)c(O)c(F)c1)C(=O)O. The number of amides is 1. The summed E-state index contributed by atoms with van der Waals surface area (Å²) >= 11 is 0. The van der Waals surface area contributed by atoms with Crippen LogP contribution in [0, 0.1) is 11.6 Å². The van der Waals surface area contributed by atoms with E-state index < -0.39 is 35.3 Å². The minimum atomic E-state index is -1.28. The van der Waals surface area contributed by atoms with Crippen LogP contribution in [0.5, 0.6) is 5.75 Å². The van der Waals surface area contributed by atoms with Crippen molar-refractivity contribution >= 4 is 11.9 Å². The van der Waals surface area contributed by atoms with Gasteiger partial charge in [0.25, 0.3) is 5.91 Å². The van der Waals surface area contributed by atoms with E-state index in [1.54, 1.807) is 0 Å². The monoisotopic (exact) mass is 287 g/mol. The molecule has 110 valence electrons. The van der Waals surface area contributed by atoms with Crippen LogP contribution in [0.15, 0.2) is 12.1 Å². The Hall–Kier alpha value is -2.18. The van der Waals surface area contributed by atoms with Gasteiger partial charge in [0.2, 0.25) is 0 Å². The lowest BCUT2D eigenvalue weighted by atomic mass is 10.1. The van der Waals surface area contributed by atoms with Gasteiger partial charge in [-0.1, -0.05) is 19.8 Å². The van der Waals surface area contributed by atoms with E-state index in [-0.39, 0.29) is 12.0 Å². The Balaban J connectivity index is 2.86. The highest BCUT2D eigenvalue weighted by molar-refractivity contribution is 5.96. The first-order chi connectivity index (χ1) is 9.36. The maximum absolute atomic E-state index is 13.1. The van der Waals surface area contributed by atoms with E-state index in [9.17, 15) is 18.4 Å². The van der Waals surface area contributed by atoms with E-state index in [0.29, 0.717) is 18.6 Å². The number of nitrogens with one attached hydrogen (secondary N) is 1. The van der Waals surface area contributed by atoms with E-state index >= 15 is 0 Å². The molecule has 0 heterocycles. The van der Waals surface area contributed by atoms with Gasteiger partial charge in [0.1, 0.15) is 6.04 Å². The number of carboxylic acids is 1. The number of aromatic hydroxyl groups is 1. The molecule has 0 aromatic heterocycles. The Labute approximate surface area is 114 Å². The lowest BCUT2D eigenvalue weighted by molar-refractivity contribution is -0.139. The van der Waals surface area contributed by atoms with Crippen LogP contribution in [0.4, 0.5) is 8.78 Å². The molecule has 1 aromatic rings. The van der Waals surface area contributed by atoms with Crippen LogP contribution in [0.25, 0.3) is 0 Å². The van der Waals surface area contributed by atoms with Gasteiger partial charge in [0, 0.05) is 5.56 Å². The van der Waals surface area contributed by atoms with Crippen molar-refractivity contribution in [3.63, 3.8) is 0 Å². The highest BCUT2D eigenvalue weighted by Crippen LogP contribution is 2.21. The second-order valence-corrected chi connectivity index (χ2v) is 4.30. The summed E-state index contributed by atoms with van der Waals surface area (Å²) in [7, 11) is 0. The third-order valence-electron chi connectivity index (χ3n) is 2.73. The molecule has 0 saturated carbocycles. The Morgan fingerprint density at radius 1 is 1.30 bits per heavy atom. The summed E-state index contributed by atoms with van der Waals surface area (Å²) in [4.78, 5) is 22.7. The molecule has 0 aliphatic heterocycles. The Kier molecular flexibility index (Phi) is 5.42. The number of phenols is 1. The van der Waals surface area contributed by atoms with Crippen molar-refractivity contribution < 1.29 is 28.6 Å². The molecule has 3 N–H and O–H groups in total. The molecule has 0 aliphatic rings. The van der Waals surface area contributed by atoms with Crippen molar-refractivity contribution in [1.29, 1.82) is 0 Å². The molecule has 1 unspecified atom stereocenters. The van der Waals surface area contributed by atoms with E-state index in [0.717, 1.165) is 6.42 Å². The predicted molar refractivity (Wildman–Crippen MR) is 66.4 cm³/mol. The molecule has 1 amide bonds. The number of unbranched alkanes of at least 4 members (excludes halogenated alkanes) is 1. The first kappa shape index (κ1) is 15.9.